The van der Waals surface area contributed by atoms with Crippen molar-refractivity contribution in [1.82, 2.24) is 10.0 Å². The van der Waals surface area contributed by atoms with Crippen molar-refractivity contribution in [2.24, 2.45) is 5.92 Å². The minimum Gasteiger partial charge on any atom is -0.310 e. The van der Waals surface area contributed by atoms with Crippen molar-refractivity contribution in [3.05, 3.63) is 29.3 Å². The molecule has 1 rings (SSSR count). The Bertz CT molecular complexity index is 553. The first kappa shape index (κ1) is 18.1. The summed E-state index contributed by atoms with van der Waals surface area (Å²) in [7, 11) is -3.43. The van der Waals surface area contributed by atoms with Crippen LogP contribution in [0.3, 0.4) is 0 Å². The van der Waals surface area contributed by atoms with E-state index in [1.54, 1.807) is 6.07 Å². The molecule has 0 heterocycles. The second kappa shape index (κ2) is 7.92. The Kier molecular flexibility index (Phi) is 6.84. The molecule has 0 saturated heterocycles. The summed E-state index contributed by atoms with van der Waals surface area (Å²) in [6.45, 7) is 11.3. The molecule has 0 fully saturated rings. The molecule has 120 valence electrons. The standard InChI is InChI=1S/C16H28N2O2S/c1-6-13(4)10-18-21(19,20)16-9-7-8-15(14(16)5)11-17-12(2)3/h7-9,12-13,17-18H,6,10-11H2,1-5H3. The molecule has 0 aliphatic rings. The minimum absolute atomic E-state index is 0.339. The lowest BCUT2D eigenvalue weighted by Gasteiger charge is -2.16. The van der Waals surface area contributed by atoms with Gasteiger partial charge in [-0.1, -0.05) is 46.2 Å². The lowest BCUT2D eigenvalue weighted by molar-refractivity contribution is 0.528. The molecule has 1 aromatic carbocycles. The van der Waals surface area contributed by atoms with Crippen LogP contribution >= 0.6 is 0 Å². The molecule has 1 unspecified atom stereocenters. The predicted molar refractivity (Wildman–Crippen MR) is 87.8 cm³/mol. The number of rotatable bonds is 8. The summed E-state index contributed by atoms with van der Waals surface area (Å²) < 4.78 is 27.6. The van der Waals surface area contributed by atoms with Gasteiger partial charge in [0.1, 0.15) is 0 Å². The number of benzene rings is 1. The van der Waals surface area contributed by atoms with E-state index < -0.39 is 10.0 Å². The Labute approximate surface area is 129 Å². The fourth-order valence-corrected chi connectivity index (χ4v) is 3.38. The quantitative estimate of drug-likeness (QED) is 0.776. The van der Waals surface area contributed by atoms with Crippen molar-refractivity contribution in [2.75, 3.05) is 6.54 Å². The van der Waals surface area contributed by atoms with Crippen LogP contribution in [0.2, 0.25) is 0 Å². The molecule has 0 bridgehead atoms. The third-order valence-electron chi connectivity index (χ3n) is 3.71. The molecule has 4 nitrogen and oxygen atoms in total. The highest BCUT2D eigenvalue weighted by Crippen LogP contribution is 2.19. The van der Waals surface area contributed by atoms with Crippen LogP contribution < -0.4 is 10.0 Å². The van der Waals surface area contributed by atoms with E-state index in [1.807, 2.05) is 26.0 Å². The van der Waals surface area contributed by atoms with Crippen LogP contribution in [0.1, 0.15) is 45.2 Å². The fraction of sp³-hybridized carbons (Fsp3) is 0.625. The Morgan fingerprint density at radius 2 is 1.86 bits per heavy atom. The zero-order chi connectivity index (χ0) is 16.0. The third-order valence-corrected chi connectivity index (χ3v) is 5.27. The average Bonchev–Trinajstić information content (AvgIpc) is 2.43. The summed E-state index contributed by atoms with van der Waals surface area (Å²) in [4.78, 5) is 0.383. The van der Waals surface area contributed by atoms with Crippen molar-refractivity contribution in [3.8, 4) is 0 Å². The van der Waals surface area contributed by atoms with E-state index in [0.717, 1.165) is 17.5 Å². The first-order chi connectivity index (χ1) is 9.77. The molecule has 1 aromatic rings. The van der Waals surface area contributed by atoms with Gasteiger partial charge < -0.3 is 5.32 Å². The molecule has 0 aromatic heterocycles. The maximum absolute atomic E-state index is 12.4. The zero-order valence-electron chi connectivity index (χ0n) is 13.7. The molecule has 2 N–H and O–H groups in total. The second-order valence-corrected chi connectivity index (χ2v) is 7.68. The highest BCUT2D eigenvalue weighted by atomic mass is 32.2. The van der Waals surface area contributed by atoms with Gasteiger partial charge in [0.25, 0.3) is 0 Å². The second-order valence-electron chi connectivity index (χ2n) is 5.94. The first-order valence-electron chi connectivity index (χ1n) is 7.59. The molecule has 0 aliphatic heterocycles. The van der Waals surface area contributed by atoms with Gasteiger partial charge in [0, 0.05) is 19.1 Å². The number of nitrogens with one attached hydrogen (secondary N) is 2. The third kappa shape index (κ3) is 5.41. The van der Waals surface area contributed by atoms with Crippen LogP contribution in [0.5, 0.6) is 0 Å². The van der Waals surface area contributed by atoms with E-state index in [1.165, 1.54) is 0 Å². The highest BCUT2D eigenvalue weighted by Gasteiger charge is 2.18. The Hall–Kier alpha value is -0.910. The van der Waals surface area contributed by atoms with Gasteiger partial charge >= 0.3 is 0 Å². The molecule has 5 heteroatoms. The van der Waals surface area contributed by atoms with Gasteiger partial charge in [-0.25, -0.2) is 13.1 Å². The minimum atomic E-state index is -3.43. The van der Waals surface area contributed by atoms with E-state index in [4.69, 9.17) is 0 Å². The summed E-state index contributed by atoms with van der Waals surface area (Å²) >= 11 is 0. The monoisotopic (exact) mass is 312 g/mol. The van der Waals surface area contributed by atoms with Gasteiger partial charge in [-0.2, -0.15) is 0 Å². The van der Waals surface area contributed by atoms with Crippen LogP contribution in [0.4, 0.5) is 0 Å². The van der Waals surface area contributed by atoms with Crippen molar-refractivity contribution < 1.29 is 8.42 Å². The van der Waals surface area contributed by atoms with Crippen LogP contribution in [0.15, 0.2) is 23.1 Å². The molecule has 0 saturated carbocycles. The SMILES string of the molecule is CCC(C)CNS(=O)(=O)c1cccc(CNC(C)C)c1C. The summed E-state index contributed by atoms with van der Waals surface area (Å²) in [5.74, 6) is 0.339. The van der Waals surface area contributed by atoms with Crippen LogP contribution in [-0.4, -0.2) is 21.0 Å². The summed E-state index contributed by atoms with van der Waals surface area (Å²) in [5.41, 5.74) is 1.84. The van der Waals surface area contributed by atoms with Crippen LogP contribution in [-0.2, 0) is 16.6 Å². The molecule has 0 spiro atoms. The Morgan fingerprint density at radius 1 is 1.19 bits per heavy atom. The number of sulfonamides is 1. The van der Waals surface area contributed by atoms with Crippen molar-refractivity contribution in [3.63, 3.8) is 0 Å². The average molecular weight is 312 g/mol. The summed E-state index contributed by atoms with van der Waals surface area (Å²) in [5, 5.41) is 3.33. The molecule has 0 radical (unpaired) electrons. The number of hydrogen-bond acceptors (Lipinski definition) is 3. The lowest BCUT2D eigenvalue weighted by Crippen LogP contribution is -2.29. The zero-order valence-corrected chi connectivity index (χ0v) is 14.5. The lowest BCUT2D eigenvalue weighted by atomic mass is 10.1. The molecule has 0 amide bonds. The van der Waals surface area contributed by atoms with Crippen molar-refractivity contribution in [1.29, 1.82) is 0 Å². The van der Waals surface area contributed by atoms with E-state index in [0.29, 0.717) is 29.9 Å². The summed E-state index contributed by atoms with van der Waals surface area (Å²) in [6.07, 6.45) is 0.958. The largest absolute Gasteiger partial charge is 0.310 e. The maximum Gasteiger partial charge on any atom is 0.240 e. The normalized spacial score (nSPS) is 13.6. The first-order valence-corrected chi connectivity index (χ1v) is 9.07. The number of hydrogen-bond donors (Lipinski definition) is 2. The van der Waals surface area contributed by atoms with Gasteiger partial charge in [-0.05, 0) is 30.0 Å². The Balaban J connectivity index is 2.94. The van der Waals surface area contributed by atoms with E-state index in [9.17, 15) is 8.42 Å². The van der Waals surface area contributed by atoms with E-state index in [2.05, 4.69) is 30.8 Å². The van der Waals surface area contributed by atoms with Gasteiger partial charge in [-0.15, -0.1) is 0 Å². The van der Waals surface area contributed by atoms with Gasteiger partial charge in [0.05, 0.1) is 4.90 Å². The van der Waals surface area contributed by atoms with Crippen LogP contribution in [0, 0.1) is 12.8 Å². The van der Waals surface area contributed by atoms with Gasteiger partial charge in [-0.3, -0.25) is 0 Å². The molecule has 1 atom stereocenters. The fourth-order valence-electron chi connectivity index (χ4n) is 1.93. The topological polar surface area (TPSA) is 58.2 Å². The van der Waals surface area contributed by atoms with Gasteiger partial charge in [0.2, 0.25) is 10.0 Å². The van der Waals surface area contributed by atoms with E-state index in [-0.39, 0.29) is 0 Å². The highest BCUT2D eigenvalue weighted by molar-refractivity contribution is 7.89. The summed E-state index contributed by atoms with van der Waals surface area (Å²) in [6, 6.07) is 5.82. The van der Waals surface area contributed by atoms with Crippen molar-refractivity contribution in [2.45, 2.75) is 58.5 Å². The van der Waals surface area contributed by atoms with Crippen LogP contribution in [0.25, 0.3) is 0 Å². The molecule has 21 heavy (non-hydrogen) atoms. The predicted octanol–water partition coefficient (Wildman–Crippen LogP) is 2.82. The molecular weight excluding hydrogens is 284 g/mol. The smallest absolute Gasteiger partial charge is 0.240 e. The van der Waals surface area contributed by atoms with E-state index >= 15 is 0 Å². The van der Waals surface area contributed by atoms with Gasteiger partial charge in [0.15, 0.2) is 0 Å². The van der Waals surface area contributed by atoms with Crippen molar-refractivity contribution >= 4 is 10.0 Å². The maximum atomic E-state index is 12.4. The molecule has 0 aliphatic carbocycles. The molecular formula is C16H28N2O2S. The Morgan fingerprint density at radius 3 is 2.43 bits per heavy atom.